The molecule has 126 valence electrons. The van der Waals surface area contributed by atoms with Crippen molar-refractivity contribution in [1.82, 2.24) is 0 Å². The van der Waals surface area contributed by atoms with Gasteiger partial charge < -0.3 is 14.9 Å². The number of hydrogen-bond acceptors (Lipinski definition) is 5. The molecule has 0 aliphatic heterocycles. The van der Waals surface area contributed by atoms with Gasteiger partial charge in [0.1, 0.15) is 22.9 Å². The summed E-state index contributed by atoms with van der Waals surface area (Å²) in [5.41, 5.74) is -0.0529. The maximum atomic E-state index is 12.8. The van der Waals surface area contributed by atoms with Gasteiger partial charge in [-0.1, -0.05) is 24.3 Å². The second-order valence-electron chi connectivity index (χ2n) is 5.34. The molecule has 0 radical (unpaired) electrons. The van der Waals surface area contributed by atoms with E-state index in [2.05, 4.69) is 0 Å². The Morgan fingerprint density at radius 3 is 2.28 bits per heavy atom. The molecule has 3 aromatic rings. The quantitative estimate of drug-likeness (QED) is 0.432. The third kappa shape index (κ3) is 3.28. The van der Waals surface area contributed by atoms with Crippen LogP contribution in [0.1, 0.15) is 20.7 Å². The lowest BCUT2D eigenvalue weighted by Crippen LogP contribution is -2.14. The van der Waals surface area contributed by atoms with Gasteiger partial charge in [-0.25, -0.2) is 9.18 Å². The second-order valence-corrected chi connectivity index (χ2v) is 5.34. The first-order chi connectivity index (χ1) is 12.0. The zero-order chi connectivity index (χ0) is 18.0. The van der Waals surface area contributed by atoms with Crippen LogP contribution in [-0.4, -0.2) is 28.6 Å². The highest BCUT2D eigenvalue weighted by Gasteiger charge is 2.19. The Morgan fingerprint density at radius 1 is 0.960 bits per heavy atom. The van der Waals surface area contributed by atoms with Crippen molar-refractivity contribution >= 4 is 22.5 Å². The minimum absolute atomic E-state index is 0.190. The van der Waals surface area contributed by atoms with Crippen LogP contribution in [0.2, 0.25) is 0 Å². The first-order valence-electron chi connectivity index (χ1n) is 7.37. The predicted molar refractivity (Wildman–Crippen MR) is 88.3 cm³/mol. The zero-order valence-corrected chi connectivity index (χ0v) is 12.9. The van der Waals surface area contributed by atoms with Gasteiger partial charge in [0.05, 0.1) is 0 Å². The van der Waals surface area contributed by atoms with Gasteiger partial charge in [0.15, 0.2) is 12.4 Å². The third-order valence-corrected chi connectivity index (χ3v) is 3.71. The maximum absolute atomic E-state index is 12.8. The molecular weight excluding hydrogens is 327 g/mol. The summed E-state index contributed by atoms with van der Waals surface area (Å²) in [7, 11) is 0. The van der Waals surface area contributed by atoms with Crippen LogP contribution in [0.5, 0.6) is 11.5 Å². The van der Waals surface area contributed by atoms with Crippen LogP contribution in [0.4, 0.5) is 4.39 Å². The molecule has 0 aliphatic rings. The molecule has 0 amide bonds. The van der Waals surface area contributed by atoms with E-state index < -0.39 is 24.2 Å². The number of phenols is 2. The zero-order valence-electron chi connectivity index (χ0n) is 12.9. The van der Waals surface area contributed by atoms with Crippen LogP contribution in [-0.2, 0) is 4.74 Å². The Morgan fingerprint density at radius 2 is 1.60 bits per heavy atom. The fourth-order valence-electron chi connectivity index (χ4n) is 2.42. The summed E-state index contributed by atoms with van der Waals surface area (Å²) >= 11 is 0. The summed E-state index contributed by atoms with van der Waals surface area (Å²) < 4.78 is 17.8. The van der Waals surface area contributed by atoms with E-state index in [1.807, 2.05) is 0 Å². The van der Waals surface area contributed by atoms with Gasteiger partial charge in [-0.05, 0) is 30.3 Å². The average Bonchev–Trinajstić information content (AvgIpc) is 2.63. The molecule has 0 atom stereocenters. The molecule has 5 nitrogen and oxygen atoms in total. The Hall–Kier alpha value is -3.41. The highest BCUT2D eigenvalue weighted by atomic mass is 19.1. The summed E-state index contributed by atoms with van der Waals surface area (Å²) in [5, 5.41) is 20.9. The molecule has 0 saturated carbocycles. The molecule has 3 aromatic carbocycles. The number of esters is 1. The van der Waals surface area contributed by atoms with Crippen molar-refractivity contribution in [2.75, 3.05) is 6.61 Å². The number of carbonyl (C=O) groups excluding carboxylic acids is 2. The van der Waals surface area contributed by atoms with E-state index in [9.17, 15) is 24.2 Å². The molecule has 0 fully saturated rings. The van der Waals surface area contributed by atoms with E-state index in [4.69, 9.17) is 4.74 Å². The SMILES string of the molecule is O=C(COC(=O)c1cc(O)c2ccccc2c1O)c1ccc(F)cc1. The van der Waals surface area contributed by atoms with Crippen molar-refractivity contribution in [2.45, 2.75) is 0 Å². The van der Waals surface area contributed by atoms with Gasteiger partial charge in [-0.3, -0.25) is 4.79 Å². The van der Waals surface area contributed by atoms with Crippen LogP contribution in [0.15, 0.2) is 54.6 Å². The van der Waals surface area contributed by atoms with Crippen LogP contribution >= 0.6 is 0 Å². The summed E-state index contributed by atoms with van der Waals surface area (Å²) in [4.78, 5) is 24.1. The molecule has 0 saturated heterocycles. The van der Waals surface area contributed by atoms with Gasteiger partial charge in [-0.2, -0.15) is 0 Å². The molecule has 0 unspecified atom stereocenters. The highest BCUT2D eigenvalue weighted by molar-refractivity contribution is 6.05. The number of ketones is 1. The lowest BCUT2D eigenvalue weighted by molar-refractivity contribution is 0.0471. The van der Waals surface area contributed by atoms with Crippen molar-refractivity contribution < 1.29 is 28.9 Å². The molecule has 0 aliphatic carbocycles. The molecular formula is C19H13FO5. The number of ether oxygens (including phenoxy) is 1. The largest absolute Gasteiger partial charge is 0.507 e. The Balaban J connectivity index is 1.79. The van der Waals surface area contributed by atoms with Gasteiger partial charge in [-0.15, -0.1) is 0 Å². The highest BCUT2D eigenvalue weighted by Crippen LogP contribution is 2.35. The number of halogens is 1. The lowest BCUT2D eigenvalue weighted by atomic mass is 10.0. The fraction of sp³-hybridized carbons (Fsp3) is 0.0526. The molecule has 6 heteroatoms. The van der Waals surface area contributed by atoms with E-state index in [0.29, 0.717) is 10.8 Å². The smallest absolute Gasteiger partial charge is 0.342 e. The Labute approximate surface area is 141 Å². The first kappa shape index (κ1) is 16.4. The summed E-state index contributed by atoms with van der Waals surface area (Å²) in [6, 6.07) is 12.4. The number of aromatic hydroxyl groups is 2. The Bertz CT molecular complexity index is 963. The first-order valence-corrected chi connectivity index (χ1v) is 7.37. The number of rotatable bonds is 4. The standard InChI is InChI=1S/C19H13FO5/c20-12-7-5-11(6-8-12)17(22)10-25-19(24)15-9-16(21)13-3-1-2-4-14(13)18(15)23/h1-9,21,23H,10H2. The number of phenolic OH excluding ortho intramolecular Hbond substituents is 2. The van der Waals surface area contributed by atoms with E-state index >= 15 is 0 Å². The predicted octanol–water partition coefficient (Wildman–Crippen LogP) is 3.43. The molecule has 0 heterocycles. The van der Waals surface area contributed by atoms with Crippen LogP contribution in [0, 0.1) is 5.82 Å². The van der Waals surface area contributed by atoms with Crippen molar-refractivity contribution in [2.24, 2.45) is 0 Å². The van der Waals surface area contributed by atoms with Gasteiger partial charge in [0.25, 0.3) is 0 Å². The van der Waals surface area contributed by atoms with Crippen LogP contribution in [0.3, 0.4) is 0 Å². The van der Waals surface area contributed by atoms with E-state index in [1.165, 1.54) is 12.1 Å². The van der Waals surface area contributed by atoms with Gasteiger partial charge >= 0.3 is 5.97 Å². The molecule has 0 aromatic heterocycles. The van der Waals surface area contributed by atoms with Crippen molar-refractivity contribution in [3.05, 3.63) is 71.5 Å². The van der Waals surface area contributed by atoms with Crippen molar-refractivity contribution in [1.29, 1.82) is 0 Å². The number of fused-ring (bicyclic) bond motifs is 1. The number of hydrogen-bond donors (Lipinski definition) is 2. The van der Waals surface area contributed by atoms with Crippen LogP contribution < -0.4 is 0 Å². The normalized spacial score (nSPS) is 10.6. The number of benzene rings is 3. The third-order valence-electron chi connectivity index (χ3n) is 3.71. The van der Waals surface area contributed by atoms with E-state index in [-0.39, 0.29) is 22.6 Å². The van der Waals surface area contributed by atoms with Crippen molar-refractivity contribution in [3.8, 4) is 11.5 Å². The lowest BCUT2D eigenvalue weighted by Gasteiger charge is -2.10. The monoisotopic (exact) mass is 340 g/mol. The van der Waals surface area contributed by atoms with Gasteiger partial charge in [0, 0.05) is 16.3 Å². The summed E-state index contributed by atoms with van der Waals surface area (Å²) in [5.74, 6) is -2.48. The molecule has 0 bridgehead atoms. The maximum Gasteiger partial charge on any atom is 0.342 e. The number of Topliss-reactive ketones (excluding diaryl/α,β-unsaturated/α-hetero) is 1. The van der Waals surface area contributed by atoms with E-state index in [0.717, 1.165) is 18.2 Å². The summed E-state index contributed by atoms with van der Waals surface area (Å²) in [6.45, 7) is -0.572. The topological polar surface area (TPSA) is 83.8 Å². The number of carbonyl (C=O) groups is 2. The Kier molecular flexibility index (Phi) is 4.35. The van der Waals surface area contributed by atoms with Crippen molar-refractivity contribution in [3.63, 3.8) is 0 Å². The molecule has 0 spiro atoms. The minimum atomic E-state index is -0.950. The summed E-state index contributed by atoms with van der Waals surface area (Å²) in [6.07, 6.45) is 0. The van der Waals surface area contributed by atoms with Gasteiger partial charge in [0.2, 0.25) is 0 Å². The van der Waals surface area contributed by atoms with Crippen LogP contribution in [0.25, 0.3) is 10.8 Å². The second kappa shape index (κ2) is 6.60. The molecule has 2 N–H and O–H groups in total. The average molecular weight is 340 g/mol. The van der Waals surface area contributed by atoms with E-state index in [1.54, 1.807) is 24.3 Å². The fourth-order valence-corrected chi connectivity index (χ4v) is 2.42. The minimum Gasteiger partial charge on any atom is -0.507 e. The molecule has 25 heavy (non-hydrogen) atoms. The molecule has 3 rings (SSSR count).